The van der Waals surface area contributed by atoms with Crippen molar-refractivity contribution in [3.8, 4) is 0 Å². The molecule has 0 radical (unpaired) electrons. The Morgan fingerprint density at radius 1 is 1.02 bits per heavy atom. The number of nitrogens with one attached hydrogen (secondary N) is 2. The molecule has 2 amide bonds. The molecule has 0 spiro atoms. The maximum absolute atomic E-state index is 14.1. The molecule has 0 saturated heterocycles. The first-order valence-corrected chi connectivity index (χ1v) is 17.1. The van der Waals surface area contributed by atoms with E-state index in [1.54, 1.807) is 12.1 Å². The summed E-state index contributed by atoms with van der Waals surface area (Å²) < 4.78 is 68.5. The first kappa shape index (κ1) is 36.7. The second-order valence-corrected chi connectivity index (χ2v) is 13.6. The van der Waals surface area contributed by atoms with E-state index in [2.05, 4.69) is 24.5 Å². The number of rotatable bonds is 14. The number of aliphatic hydroxyl groups is 1. The summed E-state index contributed by atoms with van der Waals surface area (Å²) in [6.07, 6.45) is -0.990. The van der Waals surface area contributed by atoms with Gasteiger partial charge in [-0.2, -0.15) is 13.2 Å². The van der Waals surface area contributed by atoms with Gasteiger partial charge in [-0.3, -0.25) is 9.59 Å². The second kappa shape index (κ2) is 15.1. The van der Waals surface area contributed by atoms with E-state index in [0.29, 0.717) is 48.6 Å². The molecule has 49 heavy (non-hydrogen) atoms. The molecule has 1 aliphatic heterocycles. The predicted molar refractivity (Wildman–Crippen MR) is 177 cm³/mol. The number of halogens is 6. The van der Waals surface area contributed by atoms with Gasteiger partial charge in [0, 0.05) is 46.9 Å². The quantitative estimate of drug-likeness (QED) is 0.151. The second-order valence-electron chi connectivity index (χ2n) is 13.1. The summed E-state index contributed by atoms with van der Waals surface area (Å²) in [4.78, 5) is 29.5. The van der Waals surface area contributed by atoms with E-state index in [9.17, 15) is 36.6 Å². The summed E-state index contributed by atoms with van der Waals surface area (Å²) >= 11 is 6.44. The van der Waals surface area contributed by atoms with Crippen LogP contribution in [0.25, 0.3) is 0 Å². The highest BCUT2D eigenvalue weighted by molar-refractivity contribution is 6.31. The molecule has 1 aliphatic carbocycles. The Morgan fingerprint density at radius 3 is 2.31 bits per heavy atom. The van der Waals surface area contributed by atoms with Crippen LogP contribution in [0.4, 0.5) is 22.0 Å². The van der Waals surface area contributed by atoms with Gasteiger partial charge in [0.1, 0.15) is 11.6 Å². The molecule has 0 aromatic heterocycles. The van der Waals surface area contributed by atoms with Crippen LogP contribution in [-0.2, 0) is 24.6 Å². The fourth-order valence-corrected chi connectivity index (χ4v) is 7.12. The summed E-state index contributed by atoms with van der Waals surface area (Å²) in [6.45, 7) is 4.42. The molecular formula is C37H41ClF5N3O3. The van der Waals surface area contributed by atoms with Crippen LogP contribution < -0.4 is 10.6 Å². The van der Waals surface area contributed by atoms with E-state index in [1.807, 2.05) is 4.90 Å². The lowest BCUT2D eigenvalue weighted by molar-refractivity contribution is -0.137. The van der Waals surface area contributed by atoms with Crippen LogP contribution in [0.5, 0.6) is 0 Å². The van der Waals surface area contributed by atoms with Crippen molar-refractivity contribution in [3.05, 3.63) is 105 Å². The van der Waals surface area contributed by atoms with Crippen molar-refractivity contribution in [2.75, 3.05) is 13.1 Å². The van der Waals surface area contributed by atoms with Crippen molar-refractivity contribution in [1.82, 2.24) is 15.5 Å². The first-order valence-electron chi connectivity index (χ1n) is 16.7. The fourth-order valence-electron chi connectivity index (χ4n) is 6.90. The number of benzene rings is 3. The monoisotopic (exact) mass is 705 g/mol. The maximum Gasteiger partial charge on any atom is 0.416 e. The third-order valence-electron chi connectivity index (χ3n) is 9.54. The van der Waals surface area contributed by atoms with Gasteiger partial charge in [-0.25, -0.2) is 8.78 Å². The standard InChI is InChI=1S/C37H41ClF5N3O3/c1-3-6-28(7-4-2)46-13-10-29-30(18-25(38)19-31(29)35(46)49)34(48)45-32(16-22-14-26(39)20-27(40)15-22)33(47)21-44-36(11-12-36)23-8-5-9-24(17-23)37(41,42)43/h5,8-9,14-15,17-20,28,32-33,44,47H,3-4,6-7,10-13,16,21H2,1-2H3,(H,45,48)/t32-,33+/m0/s1. The zero-order valence-corrected chi connectivity index (χ0v) is 28.2. The summed E-state index contributed by atoms with van der Waals surface area (Å²) in [7, 11) is 0. The van der Waals surface area contributed by atoms with Gasteiger partial charge in [0.15, 0.2) is 0 Å². The minimum absolute atomic E-state index is 0.0660. The van der Waals surface area contributed by atoms with Gasteiger partial charge in [0.05, 0.1) is 17.7 Å². The van der Waals surface area contributed by atoms with Gasteiger partial charge < -0.3 is 20.6 Å². The van der Waals surface area contributed by atoms with Crippen molar-refractivity contribution >= 4 is 23.4 Å². The minimum atomic E-state index is -4.52. The van der Waals surface area contributed by atoms with Gasteiger partial charge in [0.2, 0.25) is 0 Å². The number of carbonyl (C=O) groups excluding carboxylic acids is 2. The molecule has 3 aromatic rings. The van der Waals surface area contributed by atoms with Gasteiger partial charge in [-0.05, 0) is 91.6 Å². The number of hydrogen-bond donors (Lipinski definition) is 3. The van der Waals surface area contributed by atoms with Crippen molar-refractivity contribution in [2.24, 2.45) is 0 Å². The third-order valence-corrected chi connectivity index (χ3v) is 9.76. The molecule has 264 valence electrons. The molecule has 3 aromatic carbocycles. The zero-order chi connectivity index (χ0) is 35.5. The fraction of sp³-hybridized carbons (Fsp3) is 0.459. The summed E-state index contributed by atoms with van der Waals surface area (Å²) in [5.41, 5.74) is 0.0478. The van der Waals surface area contributed by atoms with E-state index in [1.165, 1.54) is 12.1 Å². The van der Waals surface area contributed by atoms with Gasteiger partial charge in [0.25, 0.3) is 11.8 Å². The average molecular weight is 706 g/mol. The van der Waals surface area contributed by atoms with Crippen molar-refractivity contribution < 1.29 is 36.6 Å². The summed E-state index contributed by atoms with van der Waals surface area (Å²) in [5, 5.41) is 17.6. The van der Waals surface area contributed by atoms with Crippen LogP contribution >= 0.6 is 11.6 Å². The lowest BCUT2D eigenvalue weighted by Gasteiger charge is -2.36. The lowest BCUT2D eigenvalue weighted by atomic mass is 9.91. The number of amides is 2. The van der Waals surface area contributed by atoms with E-state index >= 15 is 0 Å². The SMILES string of the molecule is CCCC(CCC)N1CCc2c(C(=O)N[C@@H](Cc3cc(F)cc(F)c3)[C@H](O)CNC3(c4cccc(C(F)(F)F)c4)CC3)cc(Cl)cc2C1=O. The van der Waals surface area contributed by atoms with Gasteiger partial charge in [-0.15, -0.1) is 0 Å². The third kappa shape index (κ3) is 8.61. The normalized spacial score (nSPS) is 16.8. The predicted octanol–water partition coefficient (Wildman–Crippen LogP) is 7.59. The highest BCUT2D eigenvalue weighted by Crippen LogP contribution is 2.46. The van der Waals surface area contributed by atoms with Crippen LogP contribution in [0.2, 0.25) is 5.02 Å². The molecule has 5 rings (SSSR count). The number of hydrogen-bond acceptors (Lipinski definition) is 4. The largest absolute Gasteiger partial charge is 0.416 e. The van der Waals surface area contributed by atoms with Crippen molar-refractivity contribution in [1.29, 1.82) is 0 Å². The van der Waals surface area contributed by atoms with Crippen LogP contribution in [0.3, 0.4) is 0 Å². The molecule has 2 atom stereocenters. The molecule has 6 nitrogen and oxygen atoms in total. The molecule has 3 N–H and O–H groups in total. The van der Waals surface area contributed by atoms with Crippen LogP contribution in [-0.4, -0.2) is 53.1 Å². The minimum Gasteiger partial charge on any atom is -0.390 e. The number of fused-ring (bicyclic) bond motifs is 1. The van der Waals surface area contributed by atoms with E-state index in [4.69, 9.17) is 11.6 Å². The smallest absolute Gasteiger partial charge is 0.390 e. The highest BCUT2D eigenvalue weighted by Gasteiger charge is 2.45. The van der Waals surface area contributed by atoms with Gasteiger partial charge in [-0.1, -0.05) is 50.4 Å². The molecule has 1 saturated carbocycles. The van der Waals surface area contributed by atoms with Crippen LogP contribution in [0, 0.1) is 11.6 Å². The Labute approximate surface area is 288 Å². The average Bonchev–Trinajstić information content (AvgIpc) is 3.84. The Balaban J connectivity index is 1.39. The Morgan fingerprint density at radius 2 is 1.69 bits per heavy atom. The summed E-state index contributed by atoms with van der Waals surface area (Å²) in [5.74, 6) is -2.49. The topological polar surface area (TPSA) is 81.7 Å². The lowest BCUT2D eigenvalue weighted by Crippen LogP contribution is -2.50. The molecule has 0 unspecified atom stereocenters. The molecule has 12 heteroatoms. The van der Waals surface area contributed by atoms with E-state index < -0.39 is 47.0 Å². The number of alkyl halides is 3. The zero-order valence-electron chi connectivity index (χ0n) is 27.5. The number of nitrogens with zero attached hydrogens (tertiary/aromatic N) is 1. The van der Waals surface area contributed by atoms with E-state index in [-0.39, 0.29) is 41.1 Å². The Bertz CT molecular complexity index is 1650. The number of aliphatic hydroxyl groups excluding tert-OH is 1. The van der Waals surface area contributed by atoms with Crippen LogP contribution in [0.15, 0.2) is 54.6 Å². The molecule has 1 heterocycles. The first-order chi connectivity index (χ1) is 23.2. The molecule has 0 bridgehead atoms. The Hall–Kier alpha value is -3.54. The van der Waals surface area contributed by atoms with Crippen molar-refractivity contribution in [2.45, 2.75) is 95.1 Å². The Kier molecular flexibility index (Phi) is 11.4. The number of carbonyl (C=O) groups is 2. The molecule has 1 fully saturated rings. The summed E-state index contributed by atoms with van der Waals surface area (Å²) in [6, 6.07) is 9.93. The molecule has 2 aliphatic rings. The van der Waals surface area contributed by atoms with Gasteiger partial charge >= 0.3 is 6.18 Å². The molecular weight excluding hydrogens is 665 g/mol. The van der Waals surface area contributed by atoms with Crippen molar-refractivity contribution in [3.63, 3.8) is 0 Å². The highest BCUT2D eigenvalue weighted by atomic mass is 35.5. The van der Waals surface area contributed by atoms with E-state index in [0.717, 1.165) is 49.9 Å². The van der Waals surface area contributed by atoms with Crippen LogP contribution in [0.1, 0.15) is 95.3 Å². The maximum atomic E-state index is 14.1.